The molecule has 64 valence electrons. The van der Waals surface area contributed by atoms with Crippen LogP contribution in [0.2, 0.25) is 0 Å². The van der Waals surface area contributed by atoms with Crippen LogP contribution in [0, 0.1) is 0 Å². The first-order valence-electron chi connectivity index (χ1n) is 3.73. The van der Waals surface area contributed by atoms with Gasteiger partial charge >= 0.3 is 29.6 Å². The van der Waals surface area contributed by atoms with E-state index in [4.69, 9.17) is 5.73 Å². The first kappa shape index (κ1) is 12.5. The summed E-state index contributed by atoms with van der Waals surface area (Å²) in [5.41, 5.74) is 7.09. The molecule has 1 rings (SSSR count). The fraction of sp³-hybridized carbons (Fsp3) is 0.222. The van der Waals surface area contributed by atoms with Gasteiger partial charge in [0, 0.05) is 11.7 Å². The number of anilines is 1. The molecule has 2 N–H and O–H groups in total. The normalized spacial score (nSPS) is 8.92. The molecule has 13 heavy (non-hydrogen) atoms. The second-order valence-electron chi connectivity index (χ2n) is 2.62. The molecule has 0 radical (unpaired) electrons. The van der Waals surface area contributed by atoms with Crippen LogP contribution in [0.25, 0.3) is 0 Å². The quantitative estimate of drug-likeness (QED) is 0.404. The van der Waals surface area contributed by atoms with Crippen LogP contribution in [0.4, 0.5) is 5.69 Å². The van der Waals surface area contributed by atoms with Gasteiger partial charge in [-0.2, -0.15) is 0 Å². The van der Waals surface area contributed by atoms with E-state index in [1.807, 2.05) is 6.07 Å². The Bertz CT molecular complexity index is 289. The van der Waals surface area contributed by atoms with Crippen molar-refractivity contribution in [1.29, 1.82) is 0 Å². The average molecular weight is 187 g/mol. The van der Waals surface area contributed by atoms with Gasteiger partial charge in [-0.3, -0.25) is 0 Å². The van der Waals surface area contributed by atoms with E-state index in [0.717, 1.165) is 5.56 Å². The van der Waals surface area contributed by atoms with Gasteiger partial charge in [0.1, 0.15) is 0 Å². The molecule has 0 aliphatic heterocycles. The van der Waals surface area contributed by atoms with Gasteiger partial charge in [0.25, 0.3) is 0 Å². The van der Waals surface area contributed by atoms with E-state index in [9.17, 15) is 9.90 Å². The summed E-state index contributed by atoms with van der Waals surface area (Å²) in [5.74, 6) is -1.03. The van der Waals surface area contributed by atoms with Crippen LogP contribution >= 0.6 is 0 Å². The van der Waals surface area contributed by atoms with Gasteiger partial charge in [0.15, 0.2) is 0 Å². The van der Waals surface area contributed by atoms with Crippen LogP contribution < -0.4 is 40.4 Å². The monoisotopic (exact) mass is 187 g/mol. The van der Waals surface area contributed by atoms with Crippen molar-refractivity contribution in [2.24, 2.45) is 0 Å². The number of carbonyl (C=O) groups is 1. The Morgan fingerprint density at radius 3 is 2.69 bits per heavy atom. The van der Waals surface area contributed by atoms with Gasteiger partial charge in [-0.25, -0.2) is 0 Å². The van der Waals surface area contributed by atoms with Crippen molar-refractivity contribution in [2.75, 3.05) is 5.73 Å². The number of carboxylic acids is 1. The SMILES string of the molecule is Nc1cccc(CCC(=O)[O-])c1.[Na+]. The molecular weight excluding hydrogens is 177 g/mol. The van der Waals surface area contributed by atoms with Gasteiger partial charge in [0.2, 0.25) is 0 Å². The van der Waals surface area contributed by atoms with Crippen molar-refractivity contribution in [3.8, 4) is 0 Å². The molecular formula is C9H10NNaO2. The standard InChI is InChI=1S/C9H11NO2.Na/c10-8-3-1-2-7(6-8)4-5-9(11)12;/h1-3,6H,4-5,10H2,(H,11,12);/q;+1/p-1. The number of aryl methyl sites for hydroxylation is 1. The van der Waals surface area contributed by atoms with E-state index >= 15 is 0 Å². The number of nitrogens with two attached hydrogens (primary N) is 1. The number of hydrogen-bond acceptors (Lipinski definition) is 3. The maximum absolute atomic E-state index is 10.1. The summed E-state index contributed by atoms with van der Waals surface area (Å²) in [4.78, 5) is 10.1. The molecule has 0 saturated heterocycles. The molecule has 4 heteroatoms. The predicted molar refractivity (Wildman–Crippen MR) is 44.2 cm³/mol. The van der Waals surface area contributed by atoms with Crippen LogP contribution in [0.3, 0.4) is 0 Å². The number of benzene rings is 1. The molecule has 0 spiro atoms. The minimum atomic E-state index is -1.03. The third-order valence-corrected chi connectivity index (χ3v) is 1.57. The van der Waals surface area contributed by atoms with Gasteiger partial charge in [0.05, 0.1) is 0 Å². The Morgan fingerprint density at radius 2 is 2.15 bits per heavy atom. The Balaban J connectivity index is 0.00000144. The molecule has 0 unspecified atom stereocenters. The van der Waals surface area contributed by atoms with E-state index in [0.29, 0.717) is 12.1 Å². The summed E-state index contributed by atoms with van der Waals surface area (Å²) in [6.45, 7) is 0. The zero-order chi connectivity index (χ0) is 8.97. The van der Waals surface area contributed by atoms with E-state index in [1.54, 1.807) is 18.2 Å². The number of hydrogen-bond donors (Lipinski definition) is 1. The van der Waals surface area contributed by atoms with Crippen molar-refractivity contribution in [2.45, 2.75) is 12.8 Å². The average Bonchev–Trinajstić information content (AvgIpc) is 2.01. The van der Waals surface area contributed by atoms with Crippen molar-refractivity contribution in [3.63, 3.8) is 0 Å². The van der Waals surface area contributed by atoms with Crippen LogP contribution in [0.15, 0.2) is 24.3 Å². The summed E-state index contributed by atoms with van der Waals surface area (Å²) in [5, 5.41) is 10.1. The van der Waals surface area contributed by atoms with E-state index in [1.165, 1.54) is 0 Å². The van der Waals surface area contributed by atoms with Crippen molar-refractivity contribution in [3.05, 3.63) is 29.8 Å². The third kappa shape index (κ3) is 4.93. The minimum Gasteiger partial charge on any atom is -0.550 e. The number of carbonyl (C=O) groups excluding carboxylic acids is 1. The predicted octanol–water partition coefficient (Wildman–Crippen LogP) is -3.04. The van der Waals surface area contributed by atoms with Gasteiger partial charge in [-0.05, 0) is 30.5 Å². The maximum Gasteiger partial charge on any atom is 1.00 e. The number of nitrogen functional groups attached to an aromatic ring is 1. The zero-order valence-corrected chi connectivity index (χ0v) is 9.62. The first-order chi connectivity index (χ1) is 5.68. The summed E-state index contributed by atoms with van der Waals surface area (Å²) < 4.78 is 0. The fourth-order valence-corrected chi connectivity index (χ4v) is 0.995. The molecule has 1 aromatic carbocycles. The van der Waals surface area contributed by atoms with Crippen molar-refractivity contribution >= 4 is 11.7 Å². The summed E-state index contributed by atoms with van der Waals surface area (Å²) in [6, 6.07) is 7.19. The molecule has 0 aliphatic carbocycles. The number of carboxylic acid groups (broad SMARTS) is 1. The van der Waals surface area contributed by atoms with Gasteiger partial charge in [-0.1, -0.05) is 12.1 Å². The van der Waals surface area contributed by atoms with E-state index in [-0.39, 0.29) is 36.0 Å². The van der Waals surface area contributed by atoms with E-state index < -0.39 is 5.97 Å². The molecule has 0 bridgehead atoms. The van der Waals surface area contributed by atoms with Gasteiger partial charge in [-0.15, -0.1) is 0 Å². The Hall–Kier alpha value is -0.510. The molecule has 0 saturated carbocycles. The number of rotatable bonds is 3. The fourth-order valence-electron chi connectivity index (χ4n) is 0.995. The molecule has 0 aliphatic rings. The molecule has 0 atom stereocenters. The Kier molecular flexibility index (Phi) is 5.79. The summed E-state index contributed by atoms with van der Waals surface area (Å²) >= 11 is 0. The topological polar surface area (TPSA) is 66.2 Å². The maximum atomic E-state index is 10.1. The largest absolute Gasteiger partial charge is 1.00 e. The number of aliphatic carboxylic acids is 1. The molecule has 0 heterocycles. The van der Waals surface area contributed by atoms with Crippen LogP contribution in [-0.2, 0) is 11.2 Å². The second-order valence-corrected chi connectivity index (χ2v) is 2.62. The molecule has 0 fully saturated rings. The van der Waals surface area contributed by atoms with Crippen LogP contribution in [0.1, 0.15) is 12.0 Å². The van der Waals surface area contributed by atoms with Crippen molar-refractivity contribution < 1.29 is 39.5 Å². The summed E-state index contributed by atoms with van der Waals surface area (Å²) in [7, 11) is 0. The Morgan fingerprint density at radius 1 is 1.46 bits per heavy atom. The molecule has 0 aromatic heterocycles. The summed E-state index contributed by atoms with van der Waals surface area (Å²) in [6.07, 6.45) is 0.525. The van der Waals surface area contributed by atoms with Crippen LogP contribution in [0.5, 0.6) is 0 Å². The van der Waals surface area contributed by atoms with E-state index in [2.05, 4.69) is 0 Å². The third-order valence-electron chi connectivity index (χ3n) is 1.57. The van der Waals surface area contributed by atoms with Crippen LogP contribution in [-0.4, -0.2) is 5.97 Å². The van der Waals surface area contributed by atoms with Crippen molar-refractivity contribution in [1.82, 2.24) is 0 Å². The van der Waals surface area contributed by atoms with Gasteiger partial charge < -0.3 is 15.6 Å². The Labute approximate surface area is 99.2 Å². The zero-order valence-electron chi connectivity index (χ0n) is 7.62. The molecule has 1 aromatic rings. The second kappa shape index (κ2) is 6.02. The minimum absolute atomic E-state index is 0. The molecule has 3 nitrogen and oxygen atoms in total. The first-order valence-corrected chi connectivity index (χ1v) is 3.73. The molecule has 0 amide bonds. The smallest absolute Gasteiger partial charge is 0.550 e.